The summed E-state index contributed by atoms with van der Waals surface area (Å²) < 4.78 is 34.7. The normalized spacial score (nSPS) is 44.3. The minimum atomic E-state index is -2.17. The highest BCUT2D eigenvalue weighted by molar-refractivity contribution is 5.67. The number of aliphatic hydroxyl groups is 2. The maximum absolute atomic E-state index is 12.3. The van der Waals surface area contributed by atoms with Gasteiger partial charge in [-0.3, -0.25) is 14.4 Å². The van der Waals surface area contributed by atoms with Crippen molar-refractivity contribution in [2.45, 2.75) is 83.3 Å². The molecule has 2 N–H and O–H groups in total. The lowest BCUT2D eigenvalue weighted by atomic mass is 9.40. The molecule has 2 saturated heterocycles. The first-order chi connectivity index (χ1) is 17.4. The molecular formula is C26H34O11. The topological polar surface area (TPSA) is 151 Å². The van der Waals surface area contributed by atoms with Crippen LogP contribution in [-0.2, 0) is 38.1 Å². The van der Waals surface area contributed by atoms with E-state index in [0.29, 0.717) is 19.3 Å². The Hall–Kier alpha value is -2.47. The van der Waals surface area contributed by atoms with E-state index < -0.39 is 70.5 Å². The van der Waals surface area contributed by atoms with Crippen LogP contribution in [0.4, 0.5) is 0 Å². The maximum Gasteiger partial charge on any atom is 0.304 e. The van der Waals surface area contributed by atoms with E-state index in [1.165, 1.54) is 27.0 Å². The van der Waals surface area contributed by atoms with Crippen LogP contribution in [0.25, 0.3) is 0 Å². The highest BCUT2D eigenvalue weighted by Crippen LogP contribution is 2.74. The summed E-state index contributed by atoms with van der Waals surface area (Å²) in [6.07, 6.45) is 1.78. The second-order valence-electron chi connectivity index (χ2n) is 11.0. The maximum atomic E-state index is 12.3. The average Bonchev–Trinajstić information content (AvgIpc) is 3.52. The third kappa shape index (κ3) is 3.50. The van der Waals surface area contributed by atoms with E-state index in [2.05, 4.69) is 0 Å². The molecule has 0 aromatic carbocycles. The quantitative estimate of drug-likeness (QED) is 0.431. The largest absolute Gasteiger partial charge is 0.472 e. The molecule has 11 heteroatoms. The zero-order valence-corrected chi connectivity index (χ0v) is 21.4. The van der Waals surface area contributed by atoms with Crippen LogP contribution in [0, 0.1) is 22.7 Å². The van der Waals surface area contributed by atoms with Crippen LogP contribution in [0.15, 0.2) is 23.0 Å². The van der Waals surface area contributed by atoms with Gasteiger partial charge in [0.15, 0.2) is 6.10 Å². The number of ether oxygens (including phenoxy) is 5. The van der Waals surface area contributed by atoms with Crippen LogP contribution in [0.1, 0.15) is 65.0 Å². The lowest BCUT2D eigenvalue weighted by Crippen LogP contribution is -2.78. The lowest BCUT2D eigenvalue weighted by Gasteiger charge is -2.66. The Bertz CT molecular complexity index is 1070. The molecule has 204 valence electrons. The molecule has 4 fully saturated rings. The summed E-state index contributed by atoms with van der Waals surface area (Å²) in [6.45, 7) is 4.92. The van der Waals surface area contributed by atoms with E-state index in [4.69, 9.17) is 28.1 Å². The molecule has 1 aromatic heterocycles. The molecule has 11 nitrogen and oxygen atoms in total. The molecule has 1 spiro atoms. The summed E-state index contributed by atoms with van der Waals surface area (Å²) in [5.41, 5.74) is -3.53. The molecule has 3 heterocycles. The Balaban J connectivity index is 1.74. The number of carbonyl (C=O) groups is 3. The van der Waals surface area contributed by atoms with Crippen molar-refractivity contribution in [2.24, 2.45) is 22.7 Å². The van der Waals surface area contributed by atoms with Gasteiger partial charge in [0.1, 0.15) is 12.2 Å². The molecule has 1 aromatic rings. The van der Waals surface area contributed by atoms with Gasteiger partial charge in [-0.1, -0.05) is 13.3 Å². The summed E-state index contributed by atoms with van der Waals surface area (Å²) in [4.78, 5) is 36.7. The fourth-order valence-corrected chi connectivity index (χ4v) is 7.84. The van der Waals surface area contributed by atoms with Crippen molar-refractivity contribution in [1.82, 2.24) is 0 Å². The first-order valence-electron chi connectivity index (χ1n) is 12.7. The summed E-state index contributed by atoms with van der Waals surface area (Å²) in [7, 11) is 0. The predicted octanol–water partition coefficient (Wildman–Crippen LogP) is 2.00. The highest BCUT2D eigenvalue weighted by Gasteiger charge is 2.85. The molecule has 9 atom stereocenters. The SMILES string of the molecule is CC(=O)OC[C@@]12[C@@H]3CCC[C@]1(O)CO[C@]2(O)[C@@H](OC(C)=O)[C@@H](C)[C@]31C[C@@H](c2ccoc2)O[C@H]1OC(C)=O. The van der Waals surface area contributed by atoms with E-state index in [1.807, 2.05) is 0 Å². The molecule has 2 aliphatic heterocycles. The monoisotopic (exact) mass is 522 g/mol. The van der Waals surface area contributed by atoms with Crippen molar-refractivity contribution < 1.29 is 52.7 Å². The zero-order valence-electron chi connectivity index (χ0n) is 21.4. The summed E-state index contributed by atoms with van der Waals surface area (Å²) in [5, 5.41) is 24.3. The number of rotatable bonds is 5. The molecule has 4 aliphatic rings. The van der Waals surface area contributed by atoms with Crippen LogP contribution in [-0.4, -0.2) is 65.1 Å². The zero-order chi connectivity index (χ0) is 26.8. The third-order valence-corrected chi connectivity index (χ3v) is 9.26. The lowest BCUT2D eigenvalue weighted by molar-refractivity contribution is -0.380. The van der Waals surface area contributed by atoms with E-state index in [-0.39, 0.29) is 19.6 Å². The third-order valence-electron chi connectivity index (χ3n) is 9.26. The first-order valence-corrected chi connectivity index (χ1v) is 12.7. The van der Waals surface area contributed by atoms with Crippen LogP contribution in [0.2, 0.25) is 0 Å². The molecule has 0 bridgehead atoms. The smallest absolute Gasteiger partial charge is 0.304 e. The Morgan fingerprint density at radius 3 is 2.46 bits per heavy atom. The van der Waals surface area contributed by atoms with Crippen molar-refractivity contribution in [1.29, 1.82) is 0 Å². The second-order valence-corrected chi connectivity index (χ2v) is 11.0. The van der Waals surface area contributed by atoms with Gasteiger partial charge in [-0.25, -0.2) is 0 Å². The van der Waals surface area contributed by atoms with Gasteiger partial charge in [-0.15, -0.1) is 0 Å². The number of esters is 3. The van der Waals surface area contributed by atoms with Gasteiger partial charge in [-0.05, 0) is 31.2 Å². The van der Waals surface area contributed by atoms with Crippen molar-refractivity contribution in [2.75, 3.05) is 13.2 Å². The molecule has 0 amide bonds. The first kappa shape index (κ1) is 26.1. The number of furan rings is 1. The summed E-state index contributed by atoms with van der Waals surface area (Å²) in [5.74, 6) is -5.26. The van der Waals surface area contributed by atoms with Crippen LogP contribution < -0.4 is 0 Å². The van der Waals surface area contributed by atoms with Gasteiger partial charge in [0, 0.05) is 37.7 Å². The van der Waals surface area contributed by atoms with Gasteiger partial charge in [0.05, 0.1) is 30.7 Å². The number of fused-ring (bicyclic) bond motifs is 1. The van der Waals surface area contributed by atoms with Crippen molar-refractivity contribution in [3.63, 3.8) is 0 Å². The van der Waals surface area contributed by atoms with Gasteiger partial charge in [0.25, 0.3) is 0 Å². The number of carbonyl (C=O) groups excluding carboxylic acids is 3. The molecule has 0 unspecified atom stereocenters. The van der Waals surface area contributed by atoms with Gasteiger partial charge < -0.3 is 38.3 Å². The van der Waals surface area contributed by atoms with Crippen LogP contribution in [0.3, 0.4) is 0 Å². The van der Waals surface area contributed by atoms with Gasteiger partial charge in [-0.2, -0.15) is 0 Å². The Kier molecular flexibility index (Phi) is 6.21. The molecular weight excluding hydrogens is 488 g/mol. The molecule has 37 heavy (non-hydrogen) atoms. The van der Waals surface area contributed by atoms with Crippen LogP contribution >= 0.6 is 0 Å². The van der Waals surface area contributed by atoms with Gasteiger partial charge >= 0.3 is 17.9 Å². The van der Waals surface area contributed by atoms with Crippen molar-refractivity contribution in [3.05, 3.63) is 24.2 Å². The van der Waals surface area contributed by atoms with E-state index in [1.54, 1.807) is 19.3 Å². The highest BCUT2D eigenvalue weighted by atomic mass is 16.7. The van der Waals surface area contributed by atoms with Crippen molar-refractivity contribution >= 4 is 17.9 Å². The Morgan fingerprint density at radius 1 is 1.11 bits per heavy atom. The minimum absolute atomic E-state index is 0.244. The molecule has 5 rings (SSSR count). The van der Waals surface area contributed by atoms with E-state index >= 15 is 0 Å². The molecule has 2 saturated carbocycles. The number of hydrogen-bond acceptors (Lipinski definition) is 11. The fraction of sp³-hybridized carbons (Fsp3) is 0.731. The molecule has 2 aliphatic carbocycles. The summed E-state index contributed by atoms with van der Waals surface area (Å²) in [6, 6.07) is 1.76. The molecule has 0 radical (unpaired) electrons. The van der Waals surface area contributed by atoms with Crippen molar-refractivity contribution in [3.8, 4) is 0 Å². The Labute approximate surface area is 214 Å². The average molecular weight is 523 g/mol. The standard InChI is InChI=1S/C26H34O11/c1-14-21(35-16(3)28)26(31)25(13-33-15(2)27)20(6-5-8-23(25,30)12-34-26)24(14)10-19(18-7-9-32-11-18)37-22(24)36-17(4)29/h7,9,11,14,19-22,30-31H,5-6,8,10,12-13H2,1-4H3/t14-,19+,20-,21+,22-,23+,24-,25-,26-/m1/s1. The van der Waals surface area contributed by atoms with E-state index in [0.717, 1.165) is 5.56 Å². The number of hydrogen-bond donors (Lipinski definition) is 2. The fourth-order valence-electron chi connectivity index (χ4n) is 7.84. The van der Waals surface area contributed by atoms with Gasteiger partial charge in [0.2, 0.25) is 12.1 Å². The predicted molar refractivity (Wildman–Crippen MR) is 122 cm³/mol. The second kappa shape index (κ2) is 8.79. The van der Waals surface area contributed by atoms with E-state index in [9.17, 15) is 24.6 Å². The summed E-state index contributed by atoms with van der Waals surface area (Å²) >= 11 is 0. The van der Waals surface area contributed by atoms with Crippen LogP contribution in [0.5, 0.6) is 0 Å². The Morgan fingerprint density at radius 2 is 1.84 bits per heavy atom. The minimum Gasteiger partial charge on any atom is -0.472 e.